The molecule has 14 heavy (non-hydrogen) atoms. The van der Waals surface area contributed by atoms with E-state index < -0.39 is 0 Å². The molecule has 1 rings (SSSR count). The second kappa shape index (κ2) is 5.81. The summed E-state index contributed by atoms with van der Waals surface area (Å²) in [6.07, 6.45) is 4.30. The van der Waals surface area contributed by atoms with Gasteiger partial charge in [-0.1, -0.05) is 6.08 Å². The van der Waals surface area contributed by atoms with E-state index in [0.29, 0.717) is 12.5 Å². The Labute approximate surface area is 85.5 Å². The Hall–Kier alpha value is -0.830. The van der Waals surface area contributed by atoms with Crippen LogP contribution in [0.4, 0.5) is 0 Å². The van der Waals surface area contributed by atoms with E-state index in [1.807, 2.05) is 13.8 Å². The van der Waals surface area contributed by atoms with Gasteiger partial charge in [-0.2, -0.15) is 0 Å². The minimum Gasteiger partial charge on any atom is -0.463 e. The summed E-state index contributed by atoms with van der Waals surface area (Å²) < 4.78 is 4.92. The maximum atomic E-state index is 11.3. The molecule has 3 heteroatoms. The number of piperidine rings is 1. The van der Waals surface area contributed by atoms with Gasteiger partial charge in [-0.05, 0) is 45.7 Å². The summed E-state index contributed by atoms with van der Waals surface area (Å²) in [5.41, 5.74) is 0.749. The zero-order valence-corrected chi connectivity index (χ0v) is 9.01. The first kappa shape index (κ1) is 11.2. The number of carbonyl (C=O) groups excluding carboxylic acids is 1. The number of rotatable bonds is 3. The molecule has 1 aliphatic rings. The number of hydrogen-bond acceptors (Lipinski definition) is 3. The van der Waals surface area contributed by atoms with E-state index in [4.69, 9.17) is 4.74 Å². The van der Waals surface area contributed by atoms with Crippen molar-refractivity contribution in [2.75, 3.05) is 19.7 Å². The molecule has 1 saturated heterocycles. The van der Waals surface area contributed by atoms with Gasteiger partial charge in [0, 0.05) is 5.57 Å². The predicted octanol–water partition coefficient (Wildman–Crippen LogP) is 1.50. The van der Waals surface area contributed by atoms with E-state index in [9.17, 15) is 4.79 Å². The summed E-state index contributed by atoms with van der Waals surface area (Å²) in [5, 5.41) is 3.30. The van der Waals surface area contributed by atoms with Crippen molar-refractivity contribution in [1.29, 1.82) is 0 Å². The molecule has 0 aliphatic carbocycles. The van der Waals surface area contributed by atoms with Crippen LogP contribution in [0.15, 0.2) is 11.6 Å². The second-order valence-corrected chi connectivity index (χ2v) is 3.66. The van der Waals surface area contributed by atoms with Crippen LogP contribution in [0.3, 0.4) is 0 Å². The van der Waals surface area contributed by atoms with Gasteiger partial charge < -0.3 is 10.1 Å². The topological polar surface area (TPSA) is 38.3 Å². The Morgan fingerprint density at radius 3 is 2.71 bits per heavy atom. The van der Waals surface area contributed by atoms with Gasteiger partial charge in [0.2, 0.25) is 0 Å². The minimum absolute atomic E-state index is 0.175. The lowest BCUT2D eigenvalue weighted by Crippen LogP contribution is -2.27. The number of esters is 1. The molecule has 0 atom stereocenters. The smallest absolute Gasteiger partial charge is 0.333 e. The Morgan fingerprint density at radius 1 is 1.50 bits per heavy atom. The van der Waals surface area contributed by atoms with Gasteiger partial charge in [-0.25, -0.2) is 4.79 Å². The normalized spacial score (nSPS) is 19.4. The predicted molar refractivity (Wildman–Crippen MR) is 56.0 cm³/mol. The molecule has 0 saturated carbocycles. The average Bonchev–Trinajstić information content (AvgIpc) is 2.19. The maximum Gasteiger partial charge on any atom is 0.333 e. The molecule has 0 aromatic carbocycles. The Bertz CT molecular complexity index is 217. The molecule has 1 N–H and O–H groups in total. The number of ether oxygens (including phenoxy) is 1. The van der Waals surface area contributed by atoms with Crippen LogP contribution in [0, 0.1) is 5.92 Å². The summed E-state index contributed by atoms with van der Waals surface area (Å²) >= 11 is 0. The Kier molecular flexibility index (Phi) is 4.66. The van der Waals surface area contributed by atoms with E-state index >= 15 is 0 Å². The highest BCUT2D eigenvalue weighted by atomic mass is 16.5. The monoisotopic (exact) mass is 197 g/mol. The van der Waals surface area contributed by atoms with E-state index in [0.717, 1.165) is 31.5 Å². The number of carbonyl (C=O) groups is 1. The molecule has 1 heterocycles. The van der Waals surface area contributed by atoms with Crippen LogP contribution in [0.1, 0.15) is 26.7 Å². The van der Waals surface area contributed by atoms with Gasteiger partial charge in [0.15, 0.2) is 0 Å². The third kappa shape index (κ3) is 3.50. The molecular formula is C11H19NO2. The minimum atomic E-state index is -0.175. The zero-order valence-electron chi connectivity index (χ0n) is 9.01. The Morgan fingerprint density at radius 2 is 2.14 bits per heavy atom. The SMILES string of the molecule is CCOC(=O)/C(C)=C/C1CCNCC1. The second-order valence-electron chi connectivity index (χ2n) is 3.66. The van der Waals surface area contributed by atoms with Gasteiger partial charge in [-0.3, -0.25) is 0 Å². The molecule has 0 spiro atoms. The van der Waals surface area contributed by atoms with E-state index in [1.165, 1.54) is 0 Å². The van der Waals surface area contributed by atoms with E-state index in [-0.39, 0.29) is 5.97 Å². The highest BCUT2D eigenvalue weighted by Crippen LogP contribution is 2.15. The summed E-state index contributed by atoms with van der Waals surface area (Å²) in [6, 6.07) is 0. The molecule has 0 unspecified atom stereocenters. The molecule has 0 amide bonds. The zero-order chi connectivity index (χ0) is 10.4. The van der Waals surface area contributed by atoms with Crippen LogP contribution in [0.2, 0.25) is 0 Å². The van der Waals surface area contributed by atoms with Crippen molar-refractivity contribution in [3.8, 4) is 0 Å². The molecule has 1 fully saturated rings. The van der Waals surface area contributed by atoms with Gasteiger partial charge in [0.1, 0.15) is 0 Å². The first-order valence-corrected chi connectivity index (χ1v) is 5.30. The quantitative estimate of drug-likeness (QED) is 0.550. The third-order valence-corrected chi connectivity index (χ3v) is 2.47. The first-order chi connectivity index (χ1) is 6.74. The molecule has 1 aliphatic heterocycles. The largest absolute Gasteiger partial charge is 0.463 e. The van der Waals surface area contributed by atoms with E-state index in [2.05, 4.69) is 11.4 Å². The van der Waals surface area contributed by atoms with Crippen molar-refractivity contribution >= 4 is 5.97 Å². The van der Waals surface area contributed by atoms with Crippen LogP contribution in [0.5, 0.6) is 0 Å². The summed E-state index contributed by atoms with van der Waals surface area (Å²) in [5.74, 6) is 0.367. The first-order valence-electron chi connectivity index (χ1n) is 5.30. The molecule has 0 aromatic heterocycles. The Balaban J connectivity index is 2.44. The average molecular weight is 197 g/mol. The lowest BCUT2D eigenvalue weighted by atomic mass is 9.96. The fourth-order valence-electron chi connectivity index (χ4n) is 1.68. The standard InChI is InChI=1S/C11H19NO2/c1-3-14-11(13)9(2)8-10-4-6-12-7-5-10/h8,10,12H,3-7H2,1-2H3/b9-8+. The molecule has 0 aromatic rings. The van der Waals surface area contributed by atoms with Crippen molar-refractivity contribution in [2.45, 2.75) is 26.7 Å². The summed E-state index contributed by atoms with van der Waals surface area (Å²) in [4.78, 5) is 11.3. The number of hydrogen-bond donors (Lipinski definition) is 1. The summed E-state index contributed by atoms with van der Waals surface area (Å²) in [6.45, 7) is 6.22. The highest BCUT2D eigenvalue weighted by Gasteiger charge is 2.13. The summed E-state index contributed by atoms with van der Waals surface area (Å²) in [7, 11) is 0. The fourth-order valence-corrected chi connectivity index (χ4v) is 1.68. The highest BCUT2D eigenvalue weighted by molar-refractivity contribution is 5.87. The lowest BCUT2D eigenvalue weighted by Gasteiger charge is -2.19. The van der Waals surface area contributed by atoms with E-state index in [1.54, 1.807) is 0 Å². The molecule has 0 bridgehead atoms. The van der Waals surface area contributed by atoms with Crippen molar-refractivity contribution in [3.63, 3.8) is 0 Å². The van der Waals surface area contributed by atoms with Gasteiger partial charge in [0.05, 0.1) is 6.61 Å². The lowest BCUT2D eigenvalue weighted by molar-refractivity contribution is -0.138. The van der Waals surface area contributed by atoms with Crippen LogP contribution >= 0.6 is 0 Å². The van der Waals surface area contributed by atoms with Crippen LogP contribution in [-0.2, 0) is 9.53 Å². The van der Waals surface area contributed by atoms with Gasteiger partial charge in [0.25, 0.3) is 0 Å². The van der Waals surface area contributed by atoms with Gasteiger partial charge in [-0.15, -0.1) is 0 Å². The molecular weight excluding hydrogens is 178 g/mol. The van der Waals surface area contributed by atoms with Crippen molar-refractivity contribution in [2.24, 2.45) is 5.92 Å². The van der Waals surface area contributed by atoms with Crippen molar-refractivity contribution in [3.05, 3.63) is 11.6 Å². The van der Waals surface area contributed by atoms with Crippen molar-refractivity contribution in [1.82, 2.24) is 5.32 Å². The molecule has 80 valence electrons. The van der Waals surface area contributed by atoms with Crippen molar-refractivity contribution < 1.29 is 9.53 Å². The van der Waals surface area contributed by atoms with Crippen LogP contribution in [-0.4, -0.2) is 25.7 Å². The van der Waals surface area contributed by atoms with Gasteiger partial charge >= 0.3 is 5.97 Å². The molecule has 0 radical (unpaired) electrons. The fraction of sp³-hybridized carbons (Fsp3) is 0.727. The van der Waals surface area contributed by atoms with Crippen LogP contribution < -0.4 is 5.32 Å². The molecule has 3 nitrogen and oxygen atoms in total. The van der Waals surface area contributed by atoms with Crippen LogP contribution in [0.25, 0.3) is 0 Å². The number of nitrogens with one attached hydrogen (secondary N) is 1. The third-order valence-electron chi connectivity index (χ3n) is 2.47. The number of allylic oxidation sites excluding steroid dienone is 1. The maximum absolute atomic E-state index is 11.3.